The minimum absolute atomic E-state index is 0.0102. The number of hydrogen-bond donors (Lipinski definition) is 3. The van der Waals surface area contributed by atoms with Crippen molar-refractivity contribution in [2.24, 2.45) is 11.8 Å². The summed E-state index contributed by atoms with van der Waals surface area (Å²) in [6, 6.07) is -1.17. The summed E-state index contributed by atoms with van der Waals surface area (Å²) in [6.45, 7) is 4.95. The van der Waals surface area contributed by atoms with E-state index in [4.69, 9.17) is 0 Å². The Hall–Kier alpha value is -3.71. The number of nitrogens with one attached hydrogen (secondary N) is 3. The molecule has 1 aliphatic heterocycles. The van der Waals surface area contributed by atoms with Gasteiger partial charge in [0.1, 0.15) is 23.6 Å². The predicted octanol–water partition coefficient (Wildman–Crippen LogP) is 3.74. The van der Waals surface area contributed by atoms with Crippen molar-refractivity contribution >= 4 is 23.7 Å². The molecule has 11 nitrogen and oxygen atoms in total. The number of halogens is 3. The van der Waals surface area contributed by atoms with E-state index in [1.807, 2.05) is 5.32 Å². The van der Waals surface area contributed by atoms with Gasteiger partial charge in [-0.2, -0.15) is 13.2 Å². The van der Waals surface area contributed by atoms with Crippen LogP contribution in [0.25, 0.3) is 0 Å². The number of pyridine rings is 1. The molecule has 2 fully saturated rings. The van der Waals surface area contributed by atoms with Gasteiger partial charge in [0.15, 0.2) is 5.69 Å². The summed E-state index contributed by atoms with van der Waals surface area (Å²) < 4.78 is 44.2. The fourth-order valence-electron chi connectivity index (χ4n) is 5.24. The molecule has 3 N–H and O–H groups in total. The number of aryl methyl sites for hydroxylation is 1. The highest BCUT2D eigenvalue weighted by Gasteiger charge is 2.48. The zero-order valence-electron chi connectivity index (χ0n) is 21.9. The number of amides is 4. The molecule has 4 rings (SSSR count). The van der Waals surface area contributed by atoms with E-state index >= 15 is 0 Å². The average Bonchev–Trinajstić information content (AvgIpc) is 3.49. The number of nitrogens with zero attached hydrogens (tertiary/aromatic N) is 4. The van der Waals surface area contributed by atoms with Crippen LogP contribution in [-0.2, 0) is 4.79 Å². The highest BCUT2D eigenvalue weighted by atomic mass is 19.4. The van der Waals surface area contributed by atoms with Crippen LogP contribution in [0.4, 0.5) is 23.8 Å². The number of anilines is 1. The molecule has 2 aliphatic rings. The largest absolute Gasteiger partial charge is 0.410 e. The molecule has 212 valence electrons. The molecule has 0 aromatic carbocycles. The molecule has 2 aromatic rings. The summed E-state index contributed by atoms with van der Waals surface area (Å²) in [7, 11) is 0. The number of carbonyl (C=O) groups excluding carboxylic acids is 3. The van der Waals surface area contributed by atoms with Gasteiger partial charge in [-0.25, -0.2) is 14.4 Å². The van der Waals surface area contributed by atoms with E-state index in [1.165, 1.54) is 12.3 Å². The molecule has 2 aromatic heterocycles. The summed E-state index contributed by atoms with van der Waals surface area (Å²) in [5.74, 6) is -0.507. The monoisotopic (exact) mass is 551 g/mol. The van der Waals surface area contributed by atoms with Gasteiger partial charge < -0.3 is 20.9 Å². The van der Waals surface area contributed by atoms with Gasteiger partial charge in [-0.05, 0) is 60.9 Å². The van der Waals surface area contributed by atoms with E-state index in [0.717, 1.165) is 30.6 Å². The van der Waals surface area contributed by atoms with E-state index in [2.05, 4.69) is 37.5 Å². The normalized spacial score (nSPS) is 23.2. The molecule has 0 radical (unpaired) electrons. The second-order valence-corrected chi connectivity index (χ2v) is 10.3. The molecule has 4 amide bonds. The molecule has 0 unspecified atom stereocenters. The van der Waals surface area contributed by atoms with Crippen molar-refractivity contribution in [3.63, 3.8) is 0 Å². The lowest BCUT2D eigenvalue weighted by atomic mass is 9.79. The van der Waals surface area contributed by atoms with Crippen molar-refractivity contribution in [2.45, 2.75) is 77.2 Å². The average molecular weight is 552 g/mol. The molecule has 3 atom stereocenters. The van der Waals surface area contributed by atoms with Gasteiger partial charge in [-0.3, -0.25) is 9.59 Å². The summed E-state index contributed by atoms with van der Waals surface area (Å²) in [5.41, 5.74) is 0.809. The minimum atomic E-state index is -4.56. The molecule has 3 heterocycles. The van der Waals surface area contributed by atoms with Crippen molar-refractivity contribution < 1.29 is 32.2 Å². The summed E-state index contributed by atoms with van der Waals surface area (Å²) in [6.07, 6.45) is 0.519. The van der Waals surface area contributed by atoms with Gasteiger partial charge >= 0.3 is 12.2 Å². The van der Waals surface area contributed by atoms with E-state index in [0.29, 0.717) is 23.6 Å². The maximum Gasteiger partial charge on any atom is 0.410 e. The summed E-state index contributed by atoms with van der Waals surface area (Å²) in [5, 5.41) is 14.7. The zero-order valence-corrected chi connectivity index (χ0v) is 21.9. The van der Waals surface area contributed by atoms with Crippen LogP contribution >= 0.6 is 0 Å². The molecule has 1 aliphatic carbocycles. The Labute approximate surface area is 223 Å². The van der Waals surface area contributed by atoms with Crippen LogP contribution in [0.2, 0.25) is 0 Å². The minimum Gasteiger partial charge on any atom is -0.338 e. The first-order valence-electron chi connectivity index (χ1n) is 13.0. The fraction of sp³-hybridized carbons (Fsp3) is 0.600. The van der Waals surface area contributed by atoms with Gasteiger partial charge in [0.25, 0.3) is 5.91 Å². The quantitative estimate of drug-likeness (QED) is 0.454. The Balaban J connectivity index is 1.52. The lowest BCUT2D eigenvalue weighted by Crippen LogP contribution is -2.49. The van der Waals surface area contributed by atoms with Crippen LogP contribution in [-0.4, -0.2) is 62.8 Å². The van der Waals surface area contributed by atoms with Crippen molar-refractivity contribution in [1.29, 1.82) is 0 Å². The van der Waals surface area contributed by atoms with Gasteiger partial charge in [0.2, 0.25) is 5.91 Å². The van der Waals surface area contributed by atoms with Crippen molar-refractivity contribution in [1.82, 2.24) is 30.8 Å². The van der Waals surface area contributed by atoms with E-state index < -0.39 is 48.7 Å². The molecular weight excluding hydrogens is 519 g/mol. The van der Waals surface area contributed by atoms with Crippen molar-refractivity contribution in [2.75, 3.05) is 11.9 Å². The van der Waals surface area contributed by atoms with E-state index in [9.17, 15) is 27.6 Å². The van der Waals surface area contributed by atoms with Crippen LogP contribution in [0.15, 0.2) is 23.0 Å². The first-order chi connectivity index (χ1) is 18.5. The Bertz CT molecular complexity index is 1200. The lowest BCUT2D eigenvalue weighted by Gasteiger charge is -2.32. The zero-order chi connectivity index (χ0) is 28.3. The molecule has 0 spiro atoms. The number of rotatable bonds is 8. The molecule has 14 heteroatoms. The third kappa shape index (κ3) is 6.48. The van der Waals surface area contributed by atoms with Gasteiger partial charge in [-0.1, -0.05) is 31.8 Å². The predicted molar refractivity (Wildman–Crippen MR) is 132 cm³/mol. The number of aromatic nitrogens is 3. The third-order valence-corrected chi connectivity index (χ3v) is 7.48. The topological polar surface area (TPSA) is 142 Å². The number of alkyl halides is 3. The molecule has 1 saturated carbocycles. The Morgan fingerprint density at radius 2 is 1.95 bits per heavy atom. The third-order valence-electron chi connectivity index (χ3n) is 7.48. The van der Waals surface area contributed by atoms with Gasteiger partial charge in [-0.15, -0.1) is 0 Å². The van der Waals surface area contributed by atoms with Crippen LogP contribution < -0.4 is 16.0 Å². The summed E-state index contributed by atoms with van der Waals surface area (Å²) >= 11 is 0. The Morgan fingerprint density at radius 3 is 2.54 bits per heavy atom. The first kappa shape index (κ1) is 28.3. The standard InChI is InChI=1S/C25H32F3N7O4/c1-4-17(35-12-18(25(26,27)28)30-24(35)38)16-9-10-29-19(11-16)31-23(37)21(15-7-5-13(2)6-8-15)32-22(36)20-14(3)33-39-34-20/h9-11,13,15,17-18,21H,4-8,12H2,1-3H3,(H,30,38)(H,32,36)(H,29,31,37)/t13?,15?,17-,18+,21-/m1/s1. The summed E-state index contributed by atoms with van der Waals surface area (Å²) in [4.78, 5) is 44.0. The highest BCUT2D eigenvalue weighted by molar-refractivity contribution is 6.00. The smallest absolute Gasteiger partial charge is 0.338 e. The SMILES string of the molecule is CC[C@H](c1ccnc(NC(=O)[C@H](NC(=O)c2nonc2C)C2CCC(C)CC2)c1)N1C[C@@H](C(F)(F)F)NC1=O. The Kier molecular flexibility index (Phi) is 8.40. The highest BCUT2D eigenvalue weighted by Crippen LogP contribution is 2.33. The van der Waals surface area contributed by atoms with Gasteiger partial charge in [0.05, 0.1) is 12.6 Å². The maximum absolute atomic E-state index is 13.5. The lowest BCUT2D eigenvalue weighted by molar-refractivity contribution is -0.150. The van der Waals surface area contributed by atoms with Gasteiger partial charge in [0, 0.05) is 6.20 Å². The van der Waals surface area contributed by atoms with Crippen molar-refractivity contribution in [3.8, 4) is 0 Å². The Morgan fingerprint density at radius 1 is 1.23 bits per heavy atom. The van der Waals surface area contributed by atoms with Crippen molar-refractivity contribution in [3.05, 3.63) is 35.3 Å². The van der Waals surface area contributed by atoms with E-state index in [1.54, 1.807) is 19.9 Å². The molecule has 1 saturated heterocycles. The van der Waals surface area contributed by atoms with Crippen LogP contribution in [0.3, 0.4) is 0 Å². The second-order valence-electron chi connectivity index (χ2n) is 10.3. The first-order valence-corrected chi connectivity index (χ1v) is 13.0. The molecular formula is C25H32F3N7O4. The van der Waals surface area contributed by atoms with Crippen LogP contribution in [0.5, 0.6) is 0 Å². The maximum atomic E-state index is 13.5. The number of hydrogen-bond acceptors (Lipinski definition) is 7. The molecule has 0 bridgehead atoms. The number of urea groups is 1. The molecule has 39 heavy (non-hydrogen) atoms. The fourth-order valence-corrected chi connectivity index (χ4v) is 5.24. The van der Waals surface area contributed by atoms with E-state index in [-0.39, 0.29) is 17.4 Å². The second kappa shape index (κ2) is 11.6. The van der Waals surface area contributed by atoms with Crippen LogP contribution in [0, 0.1) is 18.8 Å². The number of carbonyl (C=O) groups is 3. The van der Waals surface area contributed by atoms with Crippen LogP contribution in [0.1, 0.15) is 73.7 Å².